The fraction of sp³-hybridized carbons (Fsp3) is 0.143. The third-order valence-electron chi connectivity index (χ3n) is 1.08. The highest BCUT2D eigenvalue weighted by Crippen LogP contribution is 2.02. The van der Waals surface area contributed by atoms with Gasteiger partial charge in [0.05, 0.1) is 0 Å². The molecule has 3 nitrogen and oxygen atoms in total. The van der Waals surface area contributed by atoms with Gasteiger partial charge in [0.15, 0.2) is 0 Å². The highest BCUT2D eigenvalue weighted by Gasteiger charge is 1.88. The number of hydrazone groups is 1. The number of pyridine rings is 1. The quantitative estimate of drug-likeness (QED) is 0.492. The Balaban J connectivity index is 2.84. The minimum absolute atomic E-state index is 0.731. The van der Waals surface area contributed by atoms with Crippen LogP contribution in [0.15, 0.2) is 23.3 Å². The Morgan fingerprint density at radius 3 is 3.00 bits per heavy atom. The summed E-state index contributed by atoms with van der Waals surface area (Å²) in [4.78, 5) is 4.12. The summed E-state index contributed by atoms with van der Waals surface area (Å²) < 4.78 is 0. The number of rotatable bonds is 2. The van der Waals surface area contributed by atoms with E-state index in [0.717, 1.165) is 11.5 Å². The maximum absolute atomic E-state index is 4.12. The molecule has 0 aromatic carbocycles. The Morgan fingerprint density at radius 1 is 1.60 bits per heavy atom. The molecule has 0 saturated heterocycles. The third kappa shape index (κ3) is 1.55. The lowest BCUT2D eigenvalue weighted by atomic mass is 10.4. The molecule has 0 bridgehead atoms. The molecule has 1 rings (SSSR count). The molecular weight excluding hydrogens is 126 g/mol. The van der Waals surface area contributed by atoms with E-state index in [1.54, 1.807) is 0 Å². The zero-order chi connectivity index (χ0) is 7.40. The van der Waals surface area contributed by atoms with Gasteiger partial charge in [0.1, 0.15) is 5.82 Å². The molecule has 0 fully saturated rings. The van der Waals surface area contributed by atoms with Crippen molar-refractivity contribution in [2.75, 3.05) is 5.43 Å². The Kier molecular flexibility index (Phi) is 1.99. The topological polar surface area (TPSA) is 37.3 Å². The molecule has 0 unspecified atom stereocenters. The second-order valence-electron chi connectivity index (χ2n) is 1.93. The molecule has 3 heteroatoms. The van der Waals surface area contributed by atoms with E-state index in [2.05, 4.69) is 22.2 Å². The first kappa shape index (κ1) is 6.74. The van der Waals surface area contributed by atoms with Crippen LogP contribution in [0.2, 0.25) is 0 Å². The SMILES string of the molecule is C=NNc1cccc(C)n1. The van der Waals surface area contributed by atoms with E-state index in [-0.39, 0.29) is 0 Å². The smallest absolute Gasteiger partial charge is 0.146 e. The average molecular weight is 135 g/mol. The van der Waals surface area contributed by atoms with Crippen molar-refractivity contribution in [3.63, 3.8) is 0 Å². The van der Waals surface area contributed by atoms with E-state index in [1.807, 2.05) is 25.1 Å². The number of nitrogens with one attached hydrogen (secondary N) is 1. The van der Waals surface area contributed by atoms with Crippen LogP contribution in [0.25, 0.3) is 0 Å². The van der Waals surface area contributed by atoms with Crippen LogP contribution < -0.4 is 5.43 Å². The van der Waals surface area contributed by atoms with Crippen molar-refractivity contribution in [3.05, 3.63) is 23.9 Å². The molecule has 0 radical (unpaired) electrons. The normalized spacial score (nSPS) is 8.90. The van der Waals surface area contributed by atoms with Crippen molar-refractivity contribution < 1.29 is 0 Å². The van der Waals surface area contributed by atoms with Gasteiger partial charge in [-0.25, -0.2) is 4.98 Å². The third-order valence-corrected chi connectivity index (χ3v) is 1.08. The minimum Gasteiger partial charge on any atom is -0.262 e. The Hall–Kier alpha value is -1.38. The minimum atomic E-state index is 0.731. The van der Waals surface area contributed by atoms with Crippen molar-refractivity contribution in [3.8, 4) is 0 Å². The number of nitrogens with zero attached hydrogens (tertiary/aromatic N) is 2. The first-order valence-corrected chi connectivity index (χ1v) is 2.98. The molecule has 0 spiro atoms. The lowest BCUT2D eigenvalue weighted by Gasteiger charge is -1.97. The number of hydrogen-bond acceptors (Lipinski definition) is 3. The molecule has 1 heterocycles. The highest BCUT2D eigenvalue weighted by atomic mass is 15.3. The standard InChI is InChI=1S/C7H9N3/c1-6-4-3-5-7(9-6)10-8-2/h3-5H,2H2,1H3,(H,9,10). The maximum Gasteiger partial charge on any atom is 0.146 e. The van der Waals surface area contributed by atoms with E-state index in [9.17, 15) is 0 Å². The summed E-state index contributed by atoms with van der Waals surface area (Å²) in [6.45, 7) is 5.21. The second kappa shape index (κ2) is 2.96. The Morgan fingerprint density at radius 2 is 2.40 bits per heavy atom. The lowest BCUT2D eigenvalue weighted by molar-refractivity contribution is 1.16. The van der Waals surface area contributed by atoms with Crippen molar-refractivity contribution in [2.24, 2.45) is 5.10 Å². The molecule has 52 valence electrons. The largest absolute Gasteiger partial charge is 0.262 e. The molecule has 0 saturated carbocycles. The van der Waals surface area contributed by atoms with Gasteiger partial charge in [0.2, 0.25) is 0 Å². The van der Waals surface area contributed by atoms with Gasteiger partial charge < -0.3 is 0 Å². The van der Waals surface area contributed by atoms with E-state index >= 15 is 0 Å². The van der Waals surface area contributed by atoms with Crippen molar-refractivity contribution in [2.45, 2.75) is 6.92 Å². The van der Waals surface area contributed by atoms with Crippen LogP contribution in [0, 0.1) is 6.92 Å². The fourth-order valence-corrected chi connectivity index (χ4v) is 0.686. The van der Waals surface area contributed by atoms with E-state index < -0.39 is 0 Å². The predicted molar refractivity (Wildman–Crippen MR) is 42.1 cm³/mol. The zero-order valence-corrected chi connectivity index (χ0v) is 5.83. The van der Waals surface area contributed by atoms with Gasteiger partial charge in [0.25, 0.3) is 0 Å². The summed E-state index contributed by atoms with van der Waals surface area (Å²) in [5.41, 5.74) is 3.62. The summed E-state index contributed by atoms with van der Waals surface area (Å²) in [5.74, 6) is 0.731. The second-order valence-corrected chi connectivity index (χ2v) is 1.93. The van der Waals surface area contributed by atoms with Gasteiger partial charge in [-0.05, 0) is 19.1 Å². The van der Waals surface area contributed by atoms with E-state index in [1.165, 1.54) is 0 Å². The average Bonchev–Trinajstić information content (AvgIpc) is 1.88. The van der Waals surface area contributed by atoms with Crippen LogP contribution in [0.1, 0.15) is 5.69 Å². The first-order valence-electron chi connectivity index (χ1n) is 2.98. The molecule has 1 aromatic heterocycles. The summed E-state index contributed by atoms with van der Waals surface area (Å²) in [5, 5.41) is 3.48. The Bertz CT molecular complexity index is 232. The molecular formula is C7H9N3. The molecule has 0 atom stereocenters. The van der Waals surface area contributed by atoms with Gasteiger partial charge in [-0.3, -0.25) is 5.43 Å². The number of anilines is 1. The van der Waals surface area contributed by atoms with Crippen molar-refractivity contribution in [1.82, 2.24) is 4.98 Å². The molecule has 1 aromatic rings. The van der Waals surface area contributed by atoms with Crippen LogP contribution >= 0.6 is 0 Å². The molecule has 0 amide bonds. The van der Waals surface area contributed by atoms with Gasteiger partial charge in [-0.2, -0.15) is 5.10 Å². The molecule has 0 aliphatic carbocycles. The first-order chi connectivity index (χ1) is 4.83. The number of aryl methyl sites for hydroxylation is 1. The van der Waals surface area contributed by atoms with Crippen LogP contribution in [-0.2, 0) is 0 Å². The van der Waals surface area contributed by atoms with Crippen LogP contribution in [0.5, 0.6) is 0 Å². The Labute approximate surface area is 59.8 Å². The van der Waals surface area contributed by atoms with Crippen molar-refractivity contribution >= 4 is 12.5 Å². The summed E-state index contributed by atoms with van der Waals surface area (Å²) >= 11 is 0. The fourth-order valence-electron chi connectivity index (χ4n) is 0.686. The van der Waals surface area contributed by atoms with Crippen LogP contribution in [0.4, 0.5) is 5.82 Å². The van der Waals surface area contributed by atoms with Gasteiger partial charge in [-0.1, -0.05) is 6.07 Å². The monoisotopic (exact) mass is 135 g/mol. The molecule has 0 aliphatic heterocycles. The molecule has 1 N–H and O–H groups in total. The summed E-state index contributed by atoms with van der Waals surface area (Å²) in [6.07, 6.45) is 0. The van der Waals surface area contributed by atoms with E-state index in [4.69, 9.17) is 0 Å². The van der Waals surface area contributed by atoms with Crippen LogP contribution in [0.3, 0.4) is 0 Å². The van der Waals surface area contributed by atoms with Gasteiger partial charge >= 0.3 is 0 Å². The molecule has 0 aliphatic rings. The van der Waals surface area contributed by atoms with Gasteiger partial charge in [0, 0.05) is 12.4 Å². The maximum atomic E-state index is 4.12. The predicted octanol–water partition coefficient (Wildman–Crippen LogP) is 1.42. The number of aromatic nitrogens is 1. The number of hydrogen-bond donors (Lipinski definition) is 1. The summed E-state index contributed by atoms with van der Waals surface area (Å²) in [7, 11) is 0. The zero-order valence-electron chi connectivity index (χ0n) is 5.83. The lowest BCUT2D eigenvalue weighted by Crippen LogP contribution is -1.90. The highest BCUT2D eigenvalue weighted by molar-refractivity contribution is 5.37. The van der Waals surface area contributed by atoms with Gasteiger partial charge in [-0.15, -0.1) is 0 Å². The van der Waals surface area contributed by atoms with Crippen LogP contribution in [-0.4, -0.2) is 11.7 Å². The molecule has 10 heavy (non-hydrogen) atoms. The van der Waals surface area contributed by atoms with E-state index in [0.29, 0.717) is 0 Å². The summed E-state index contributed by atoms with van der Waals surface area (Å²) in [6, 6.07) is 5.67. The van der Waals surface area contributed by atoms with Crippen molar-refractivity contribution in [1.29, 1.82) is 0 Å².